The largest absolute Gasteiger partial charge is 0.489 e. The van der Waals surface area contributed by atoms with Gasteiger partial charge in [-0.15, -0.1) is 11.8 Å². The molecular weight excluding hydrogens is 408 g/mol. The number of carbonyl (C=O) groups is 1. The van der Waals surface area contributed by atoms with Gasteiger partial charge in [-0.1, -0.05) is 55.1 Å². The summed E-state index contributed by atoms with van der Waals surface area (Å²) in [4.78, 5) is 12.0. The number of rotatable bonds is 12. The van der Waals surface area contributed by atoms with E-state index in [0.717, 1.165) is 5.56 Å². The second-order valence-electron chi connectivity index (χ2n) is 5.78. The molecule has 0 aliphatic rings. The van der Waals surface area contributed by atoms with E-state index in [0.29, 0.717) is 41.1 Å². The van der Waals surface area contributed by atoms with Gasteiger partial charge in [-0.2, -0.15) is 5.10 Å². The van der Waals surface area contributed by atoms with E-state index in [4.69, 9.17) is 21.1 Å². The quantitative estimate of drug-likeness (QED) is 0.297. The smallest absolute Gasteiger partial charge is 0.250 e. The van der Waals surface area contributed by atoms with Gasteiger partial charge in [0.25, 0.3) is 0 Å². The lowest BCUT2D eigenvalue weighted by atomic mass is 10.2. The van der Waals surface area contributed by atoms with Crippen LogP contribution in [0.25, 0.3) is 0 Å². The van der Waals surface area contributed by atoms with Gasteiger partial charge in [0.2, 0.25) is 5.91 Å². The predicted octanol–water partition coefficient (Wildman–Crippen LogP) is 4.85. The molecule has 0 spiro atoms. The van der Waals surface area contributed by atoms with Crippen molar-refractivity contribution in [2.75, 3.05) is 19.0 Å². The highest BCUT2D eigenvalue weighted by Crippen LogP contribution is 2.24. The van der Waals surface area contributed by atoms with E-state index in [1.165, 1.54) is 18.0 Å². The number of hydrazone groups is 1. The molecular formula is C22H23ClN2O3S. The minimum Gasteiger partial charge on any atom is -0.489 e. The second kappa shape index (κ2) is 12.7. The zero-order valence-corrected chi connectivity index (χ0v) is 17.5. The van der Waals surface area contributed by atoms with Crippen molar-refractivity contribution in [3.05, 3.63) is 83.9 Å². The first-order valence-corrected chi connectivity index (χ1v) is 10.4. The first-order valence-electron chi connectivity index (χ1n) is 8.88. The molecule has 2 aromatic rings. The maximum atomic E-state index is 12.0. The molecule has 152 valence electrons. The van der Waals surface area contributed by atoms with Crippen LogP contribution in [0.2, 0.25) is 5.02 Å². The van der Waals surface area contributed by atoms with Crippen molar-refractivity contribution >= 4 is 35.5 Å². The van der Waals surface area contributed by atoms with Crippen molar-refractivity contribution in [2.24, 2.45) is 5.10 Å². The molecule has 0 radical (unpaired) electrons. The third kappa shape index (κ3) is 8.05. The molecule has 0 aliphatic carbocycles. The van der Waals surface area contributed by atoms with Gasteiger partial charge in [0.1, 0.15) is 24.7 Å². The third-order valence-corrected chi connectivity index (χ3v) is 4.90. The molecule has 0 bridgehead atoms. The van der Waals surface area contributed by atoms with Crippen LogP contribution in [0.15, 0.2) is 72.9 Å². The van der Waals surface area contributed by atoms with Gasteiger partial charge in [0.15, 0.2) is 0 Å². The highest BCUT2D eigenvalue weighted by molar-refractivity contribution is 7.99. The lowest BCUT2D eigenvalue weighted by Gasteiger charge is -2.10. The molecule has 1 N–H and O–H groups in total. The number of ether oxygens (including phenoxy) is 2. The van der Waals surface area contributed by atoms with Crippen LogP contribution in [-0.4, -0.2) is 31.1 Å². The van der Waals surface area contributed by atoms with Crippen molar-refractivity contribution in [1.29, 1.82) is 0 Å². The zero-order chi connectivity index (χ0) is 20.9. The molecule has 1 amide bonds. The summed E-state index contributed by atoms with van der Waals surface area (Å²) in [6.07, 6.45) is 4.85. The van der Waals surface area contributed by atoms with Crippen LogP contribution < -0.4 is 14.9 Å². The summed E-state index contributed by atoms with van der Waals surface area (Å²) in [6.45, 7) is 8.02. The summed E-state index contributed by atoms with van der Waals surface area (Å²) >= 11 is 7.58. The van der Waals surface area contributed by atoms with Crippen molar-refractivity contribution in [2.45, 2.75) is 5.75 Å². The van der Waals surface area contributed by atoms with E-state index in [-0.39, 0.29) is 11.7 Å². The van der Waals surface area contributed by atoms with Gasteiger partial charge in [0.05, 0.1) is 12.0 Å². The number of halogens is 1. The zero-order valence-electron chi connectivity index (χ0n) is 16.0. The average molecular weight is 431 g/mol. The SMILES string of the molecule is C=CCOc1ccc(C=NNC(=O)CSCc2ccccc2Cl)c(OCC=C)c1. The number of thioether (sulfide) groups is 1. The molecule has 2 aromatic carbocycles. The fourth-order valence-corrected chi connectivity index (χ4v) is 3.32. The Bertz CT molecular complexity index is 871. The van der Waals surface area contributed by atoms with E-state index in [9.17, 15) is 4.79 Å². The fourth-order valence-electron chi connectivity index (χ4n) is 2.22. The molecule has 0 saturated heterocycles. The number of nitrogens with zero attached hydrogens (tertiary/aromatic N) is 1. The topological polar surface area (TPSA) is 59.9 Å². The van der Waals surface area contributed by atoms with Crippen molar-refractivity contribution < 1.29 is 14.3 Å². The van der Waals surface area contributed by atoms with Gasteiger partial charge in [-0.05, 0) is 23.8 Å². The molecule has 0 heterocycles. The first kappa shape index (κ1) is 22.6. The number of amides is 1. The van der Waals surface area contributed by atoms with Crippen LogP contribution in [0.3, 0.4) is 0 Å². The summed E-state index contributed by atoms with van der Waals surface area (Å²) in [6, 6.07) is 12.9. The molecule has 0 atom stereocenters. The summed E-state index contributed by atoms with van der Waals surface area (Å²) in [5.74, 6) is 1.97. The Hall–Kier alpha value is -2.70. The van der Waals surface area contributed by atoms with Crippen LogP contribution in [0.1, 0.15) is 11.1 Å². The van der Waals surface area contributed by atoms with Crippen LogP contribution in [0, 0.1) is 0 Å². The highest BCUT2D eigenvalue weighted by atomic mass is 35.5. The Morgan fingerprint density at radius 3 is 2.66 bits per heavy atom. The molecule has 2 rings (SSSR count). The van der Waals surface area contributed by atoms with E-state index < -0.39 is 0 Å². The summed E-state index contributed by atoms with van der Waals surface area (Å²) in [5.41, 5.74) is 4.23. The number of hydrogen-bond donors (Lipinski definition) is 1. The number of carbonyl (C=O) groups excluding carboxylic acids is 1. The van der Waals surface area contributed by atoms with Gasteiger partial charge in [-0.25, -0.2) is 5.43 Å². The van der Waals surface area contributed by atoms with Gasteiger partial charge < -0.3 is 9.47 Å². The van der Waals surface area contributed by atoms with Crippen molar-refractivity contribution in [3.8, 4) is 11.5 Å². The lowest BCUT2D eigenvalue weighted by Crippen LogP contribution is -2.19. The summed E-state index contributed by atoms with van der Waals surface area (Å²) < 4.78 is 11.2. The maximum absolute atomic E-state index is 12.0. The molecule has 7 heteroatoms. The number of hydrogen-bond acceptors (Lipinski definition) is 5. The fraction of sp³-hybridized carbons (Fsp3) is 0.182. The van der Waals surface area contributed by atoms with E-state index in [1.54, 1.807) is 30.4 Å². The van der Waals surface area contributed by atoms with Gasteiger partial charge in [0, 0.05) is 22.4 Å². The molecule has 0 aromatic heterocycles. The summed E-state index contributed by atoms with van der Waals surface area (Å²) in [5, 5.41) is 4.72. The Kier molecular flexibility index (Phi) is 9.89. The molecule has 0 aliphatic heterocycles. The Morgan fingerprint density at radius 2 is 1.90 bits per heavy atom. The molecule has 0 saturated carbocycles. The average Bonchev–Trinajstić information content (AvgIpc) is 2.73. The standard InChI is InChI=1S/C22H23ClN2O3S/c1-3-11-27-19-10-9-17(21(13-19)28-12-4-2)14-24-25-22(26)16-29-15-18-7-5-6-8-20(18)23/h3-10,13-14H,1-2,11-12,15-16H2,(H,25,26). The van der Waals surface area contributed by atoms with Gasteiger partial charge in [-0.3, -0.25) is 4.79 Å². The van der Waals surface area contributed by atoms with E-state index >= 15 is 0 Å². The molecule has 29 heavy (non-hydrogen) atoms. The molecule has 0 unspecified atom stereocenters. The minimum atomic E-state index is -0.196. The van der Waals surface area contributed by atoms with E-state index in [2.05, 4.69) is 23.7 Å². The Balaban J connectivity index is 1.88. The van der Waals surface area contributed by atoms with Crippen LogP contribution in [0.4, 0.5) is 0 Å². The van der Waals surface area contributed by atoms with Crippen molar-refractivity contribution in [1.82, 2.24) is 5.43 Å². The highest BCUT2D eigenvalue weighted by Gasteiger charge is 2.06. The predicted molar refractivity (Wildman–Crippen MR) is 121 cm³/mol. The normalized spacial score (nSPS) is 10.5. The Morgan fingerprint density at radius 1 is 1.14 bits per heavy atom. The summed E-state index contributed by atoms with van der Waals surface area (Å²) in [7, 11) is 0. The maximum Gasteiger partial charge on any atom is 0.250 e. The molecule has 5 nitrogen and oxygen atoms in total. The lowest BCUT2D eigenvalue weighted by molar-refractivity contribution is -0.118. The third-order valence-electron chi connectivity index (χ3n) is 3.55. The first-order chi connectivity index (χ1) is 14.1. The number of benzene rings is 2. The van der Waals surface area contributed by atoms with E-state index in [1.807, 2.05) is 24.3 Å². The monoisotopic (exact) mass is 430 g/mol. The second-order valence-corrected chi connectivity index (χ2v) is 7.17. The Labute approximate surface area is 180 Å². The van der Waals surface area contributed by atoms with Crippen LogP contribution in [0.5, 0.6) is 11.5 Å². The minimum absolute atomic E-state index is 0.196. The van der Waals surface area contributed by atoms with Crippen molar-refractivity contribution in [3.63, 3.8) is 0 Å². The number of nitrogens with one attached hydrogen (secondary N) is 1. The van der Waals surface area contributed by atoms with Crippen LogP contribution >= 0.6 is 23.4 Å². The molecule has 0 fully saturated rings. The van der Waals surface area contributed by atoms with Crippen LogP contribution in [-0.2, 0) is 10.5 Å². The van der Waals surface area contributed by atoms with Gasteiger partial charge >= 0.3 is 0 Å².